The van der Waals surface area contributed by atoms with E-state index in [2.05, 4.69) is 12.6 Å². The molecule has 0 amide bonds. The molecule has 0 aromatic rings. The van der Waals surface area contributed by atoms with Gasteiger partial charge in [-0.1, -0.05) is 6.08 Å². The zero-order valence-electron chi connectivity index (χ0n) is 4.67. The first-order valence-electron chi connectivity index (χ1n) is 2.64. The lowest BCUT2D eigenvalue weighted by molar-refractivity contribution is 0.548. The summed E-state index contributed by atoms with van der Waals surface area (Å²) in [5.41, 5.74) is 0. The van der Waals surface area contributed by atoms with Gasteiger partial charge in [-0.15, -0.1) is 6.58 Å². The minimum Gasteiger partial charge on any atom is -0.282 e. The second-order valence-corrected chi connectivity index (χ2v) is 1.85. The summed E-state index contributed by atoms with van der Waals surface area (Å²) in [5.74, 6) is 0. The molecule has 0 aromatic carbocycles. The molecule has 0 saturated carbocycles. The second-order valence-electron chi connectivity index (χ2n) is 1.85. The lowest BCUT2D eigenvalue weighted by Gasteiger charge is -1.98. The van der Waals surface area contributed by atoms with E-state index in [4.69, 9.17) is 5.26 Å². The third-order valence-corrected chi connectivity index (χ3v) is 1.23. The van der Waals surface area contributed by atoms with Gasteiger partial charge in [0.25, 0.3) is 0 Å². The monoisotopic (exact) mass is 108 g/mol. The van der Waals surface area contributed by atoms with Gasteiger partial charge < -0.3 is 0 Å². The lowest BCUT2D eigenvalue weighted by atomic mass is 10.3. The van der Waals surface area contributed by atoms with E-state index < -0.39 is 0 Å². The highest BCUT2D eigenvalue weighted by Crippen LogP contribution is 2.09. The van der Waals surface area contributed by atoms with Gasteiger partial charge in [0.1, 0.15) is 6.04 Å². The Hall–Kier alpha value is -0.810. The molecule has 1 unspecified atom stereocenters. The number of rotatable bonds is 2. The zero-order chi connectivity index (χ0) is 5.98. The Bertz CT molecular complexity index is 130. The van der Waals surface area contributed by atoms with Crippen LogP contribution in [0.15, 0.2) is 12.7 Å². The molecule has 0 N–H and O–H groups in total. The van der Waals surface area contributed by atoms with E-state index in [0.717, 1.165) is 13.1 Å². The molecule has 0 aromatic heterocycles. The van der Waals surface area contributed by atoms with Gasteiger partial charge in [-0.3, -0.25) is 4.90 Å². The van der Waals surface area contributed by atoms with Gasteiger partial charge in [0, 0.05) is 13.1 Å². The van der Waals surface area contributed by atoms with Gasteiger partial charge in [-0.05, 0) is 0 Å². The molecule has 2 nitrogen and oxygen atoms in total. The van der Waals surface area contributed by atoms with Crippen molar-refractivity contribution in [3.05, 3.63) is 12.7 Å². The maximum Gasteiger partial charge on any atom is 0.116 e. The van der Waals surface area contributed by atoms with Crippen LogP contribution < -0.4 is 0 Å². The summed E-state index contributed by atoms with van der Waals surface area (Å²) >= 11 is 0. The average Bonchev–Trinajstić information content (AvgIpc) is 2.53. The van der Waals surface area contributed by atoms with Crippen LogP contribution >= 0.6 is 0 Å². The van der Waals surface area contributed by atoms with Crippen molar-refractivity contribution in [3.8, 4) is 6.07 Å². The molecule has 1 heterocycles. The largest absolute Gasteiger partial charge is 0.282 e. The molecule has 42 valence electrons. The minimum atomic E-state index is -0.0324. The molecular weight excluding hydrogens is 100 g/mol. The molecule has 0 radical (unpaired) electrons. The average molecular weight is 108 g/mol. The Morgan fingerprint density at radius 3 is 2.50 bits per heavy atom. The topological polar surface area (TPSA) is 26.8 Å². The fraction of sp³-hybridized carbons (Fsp3) is 0.500. The van der Waals surface area contributed by atoms with E-state index >= 15 is 0 Å². The predicted molar refractivity (Wildman–Crippen MR) is 31.2 cm³/mol. The molecule has 8 heavy (non-hydrogen) atoms. The van der Waals surface area contributed by atoms with Crippen LogP contribution in [0.2, 0.25) is 0 Å². The maximum atomic E-state index is 8.37. The molecule has 0 bridgehead atoms. The van der Waals surface area contributed by atoms with Crippen LogP contribution in [0.3, 0.4) is 0 Å². The highest BCUT2D eigenvalue weighted by Gasteiger charge is 2.24. The van der Waals surface area contributed by atoms with E-state index in [-0.39, 0.29) is 6.04 Å². The standard InChI is InChI=1S/C6H8N2/c1-2-6(5-7)8-3-4-8/h2,6H,1,3-4H2. The summed E-state index contributed by atoms with van der Waals surface area (Å²) in [6.07, 6.45) is 1.67. The molecular formula is C6H8N2. The summed E-state index contributed by atoms with van der Waals surface area (Å²) in [7, 11) is 0. The molecule has 1 aliphatic heterocycles. The molecule has 1 aliphatic rings. The van der Waals surface area contributed by atoms with Crippen LogP contribution in [0, 0.1) is 11.3 Å². The van der Waals surface area contributed by atoms with E-state index in [9.17, 15) is 0 Å². The number of nitrogens with zero attached hydrogens (tertiary/aromatic N) is 2. The van der Waals surface area contributed by atoms with Crippen LogP contribution in [0.1, 0.15) is 0 Å². The van der Waals surface area contributed by atoms with Crippen molar-refractivity contribution in [1.29, 1.82) is 5.26 Å². The first-order valence-corrected chi connectivity index (χ1v) is 2.64. The van der Waals surface area contributed by atoms with Gasteiger partial charge in [-0.25, -0.2) is 0 Å². The predicted octanol–water partition coefficient (Wildman–Crippen LogP) is 0.380. The van der Waals surface area contributed by atoms with Crippen molar-refractivity contribution >= 4 is 0 Å². The fourth-order valence-electron chi connectivity index (χ4n) is 0.619. The van der Waals surface area contributed by atoms with Gasteiger partial charge in [0.15, 0.2) is 0 Å². The van der Waals surface area contributed by atoms with Gasteiger partial charge in [0.2, 0.25) is 0 Å². The van der Waals surface area contributed by atoms with Crippen LogP contribution in [0.5, 0.6) is 0 Å². The molecule has 1 atom stereocenters. The number of hydrogen-bond donors (Lipinski definition) is 0. The number of nitriles is 1. The van der Waals surface area contributed by atoms with Crippen molar-refractivity contribution < 1.29 is 0 Å². The first kappa shape index (κ1) is 5.33. The first-order chi connectivity index (χ1) is 3.88. The van der Waals surface area contributed by atoms with Crippen molar-refractivity contribution in [2.45, 2.75) is 6.04 Å². The smallest absolute Gasteiger partial charge is 0.116 e. The molecule has 0 aliphatic carbocycles. The van der Waals surface area contributed by atoms with Crippen molar-refractivity contribution in [3.63, 3.8) is 0 Å². The summed E-state index contributed by atoms with van der Waals surface area (Å²) < 4.78 is 0. The third kappa shape index (κ3) is 0.877. The van der Waals surface area contributed by atoms with Crippen LogP contribution in [0.25, 0.3) is 0 Å². The molecule has 2 heteroatoms. The van der Waals surface area contributed by atoms with Crippen molar-refractivity contribution in [2.24, 2.45) is 0 Å². The Kier molecular flexibility index (Phi) is 1.32. The quantitative estimate of drug-likeness (QED) is 0.377. The van der Waals surface area contributed by atoms with Crippen LogP contribution in [-0.4, -0.2) is 24.0 Å². The zero-order valence-corrected chi connectivity index (χ0v) is 4.67. The SMILES string of the molecule is C=CC(C#N)N1CC1. The van der Waals surface area contributed by atoms with Crippen molar-refractivity contribution in [2.75, 3.05) is 13.1 Å². The van der Waals surface area contributed by atoms with Gasteiger partial charge >= 0.3 is 0 Å². The van der Waals surface area contributed by atoms with Crippen LogP contribution in [0.4, 0.5) is 0 Å². The number of hydrogen-bond acceptors (Lipinski definition) is 2. The normalized spacial score (nSPS) is 21.4. The van der Waals surface area contributed by atoms with E-state index in [1.807, 2.05) is 4.90 Å². The van der Waals surface area contributed by atoms with Crippen LogP contribution in [-0.2, 0) is 0 Å². The molecule has 1 fully saturated rings. The molecule has 0 spiro atoms. The van der Waals surface area contributed by atoms with Crippen molar-refractivity contribution in [1.82, 2.24) is 4.90 Å². The Labute approximate surface area is 49.0 Å². The van der Waals surface area contributed by atoms with E-state index in [0.29, 0.717) is 0 Å². The molecule has 1 rings (SSSR count). The fourth-order valence-corrected chi connectivity index (χ4v) is 0.619. The highest BCUT2D eigenvalue weighted by atomic mass is 15.3. The second kappa shape index (κ2) is 1.97. The maximum absolute atomic E-state index is 8.37. The lowest BCUT2D eigenvalue weighted by Crippen LogP contribution is -2.11. The summed E-state index contributed by atoms with van der Waals surface area (Å²) in [6, 6.07) is 2.09. The summed E-state index contributed by atoms with van der Waals surface area (Å²) in [5, 5.41) is 8.37. The third-order valence-electron chi connectivity index (χ3n) is 1.23. The van der Waals surface area contributed by atoms with Gasteiger partial charge in [0.05, 0.1) is 6.07 Å². The van der Waals surface area contributed by atoms with E-state index in [1.54, 1.807) is 6.08 Å². The Morgan fingerprint density at radius 2 is 2.38 bits per heavy atom. The minimum absolute atomic E-state index is 0.0324. The Balaban J connectivity index is 2.39. The Morgan fingerprint density at radius 1 is 1.75 bits per heavy atom. The summed E-state index contributed by atoms with van der Waals surface area (Å²) in [4.78, 5) is 2.05. The molecule has 1 saturated heterocycles. The summed E-state index contributed by atoms with van der Waals surface area (Å²) in [6.45, 7) is 5.65. The van der Waals surface area contributed by atoms with E-state index in [1.165, 1.54) is 0 Å². The van der Waals surface area contributed by atoms with Gasteiger partial charge in [-0.2, -0.15) is 5.26 Å². The highest BCUT2D eigenvalue weighted by molar-refractivity contribution is 5.07.